The zero-order valence-corrected chi connectivity index (χ0v) is 13.6. The molecule has 126 valence electrons. The number of benzene rings is 1. The number of ketones is 1. The molecule has 0 spiro atoms. The molecule has 7 nitrogen and oxygen atoms in total. The molecule has 0 bridgehead atoms. The third-order valence-corrected chi connectivity index (χ3v) is 3.32. The Morgan fingerprint density at radius 3 is 2.54 bits per heavy atom. The lowest BCUT2D eigenvalue weighted by Crippen LogP contribution is -2.19. The highest BCUT2D eigenvalue weighted by molar-refractivity contribution is 6.13. The van der Waals surface area contributed by atoms with Crippen LogP contribution in [0.4, 0.5) is 5.88 Å². The van der Waals surface area contributed by atoms with E-state index in [1.807, 2.05) is 6.92 Å². The number of aryl methyl sites for hydroxylation is 1. The van der Waals surface area contributed by atoms with Gasteiger partial charge in [-0.1, -0.05) is 6.07 Å². The number of primary amides is 1. The molecule has 1 aromatic heterocycles. The van der Waals surface area contributed by atoms with Gasteiger partial charge >= 0.3 is 0 Å². The summed E-state index contributed by atoms with van der Waals surface area (Å²) in [6.07, 6.45) is 0. The van der Waals surface area contributed by atoms with E-state index in [2.05, 4.69) is 5.32 Å². The summed E-state index contributed by atoms with van der Waals surface area (Å²) in [6.45, 7) is 5.12. The number of hydrogen-bond acceptors (Lipinski definition) is 5. The van der Waals surface area contributed by atoms with Crippen molar-refractivity contribution >= 4 is 23.5 Å². The van der Waals surface area contributed by atoms with Crippen molar-refractivity contribution in [2.75, 3.05) is 11.9 Å². The van der Waals surface area contributed by atoms with Crippen molar-refractivity contribution in [1.82, 2.24) is 0 Å². The third kappa shape index (κ3) is 3.45. The van der Waals surface area contributed by atoms with Crippen LogP contribution in [-0.2, 0) is 0 Å². The molecule has 0 fully saturated rings. The number of hydrogen-bond donors (Lipinski definition) is 2. The fourth-order valence-electron chi connectivity index (χ4n) is 2.36. The molecule has 2 aromatic rings. The Bertz CT molecular complexity index is 807. The number of nitrogens with two attached hydrogens (primary N) is 1. The van der Waals surface area contributed by atoms with Crippen molar-refractivity contribution in [1.29, 1.82) is 0 Å². The van der Waals surface area contributed by atoms with E-state index in [0.717, 1.165) is 0 Å². The minimum absolute atomic E-state index is 0.0702. The maximum absolute atomic E-state index is 12.4. The minimum Gasteiger partial charge on any atom is -0.494 e. The summed E-state index contributed by atoms with van der Waals surface area (Å²) in [4.78, 5) is 35.7. The highest BCUT2D eigenvalue weighted by Gasteiger charge is 2.26. The molecule has 0 atom stereocenters. The van der Waals surface area contributed by atoms with Gasteiger partial charge in [-0.05, 0) is 39.0 Å². The Morgan fingerprint density at radius 2 is 1.96 bits per heavy atom. The topological polar surface area (TPSA) is 112 Å². The number of carbonyl (C=O) groups excluding carboxylic acids is 3. The van der Waals surface area contributed by atoms with Crippen LogP contribution in [0.15, 0.2) is 28.7 Å². The monoisotopic (exact) mass is 330 g/mol. The van der Waals surface area contributed by atoms with Crippen LogP contribution in [0.5, 0.6) is 5.75 Å². The zero-order valence-electron chi connectivity index (χ0n) is 13.6. The zero-order chi connectivity index (χ0) is 17.9. The Kier molecular flexibility index (Phi) is 5.03. The number of Topliss-reactive ketones (excluding diaryl/α,β-unsaturated/α-hetero) is 1. The lowest BCUT2D eigenvalue weighted by Gasteiger charge is -2.07. The summed E-state index contributed by atoms with van der Waals surface area (Å²) >= 11 is 0. The quantitative estimate of drug-likeness (QED) is 0.791. The Hall–Kier alpha value is -3.09. The number of anilines is 1. The van der Waals surface area contributed by atoms with Gasteiger partial charge in [0.2, 0.25) is 5.88 Å². The first-order valence-electron chi connectivity index (χ1n) is 7.33. The van der Waals surface area contributed by atoms with E-state index in [1.165, 1.54) is 13.8 Å². The van der Waals surface area contributed by atoms with E-state index in [1.54, 1.807) is 24.3 Å². The van der Waals surface area contributed by atoms with Gasteiger partial charge in [-0.15, -0.1) is 0 Å². The Balaban J connectivity index is 2.36. The van der Waals surface area contributed by atoms with Gasteiger partial charge < -0.3 is 14.9 Å². The SMILES string of the molecule is CCOc1cccc(C(=O)Nc2oc(C)c(C(C)=O)c2C(N)=O)c1. The van der Waals surface area contributed by atoms with E-state index in [4.69, 9.17) is 14.9 Å². The van der Waals surface area contributed by atoms with Crippen molar-refractivity contribution in [3.05, 3.63) is 46.7 Å². The van der Waals surface area contributed by atoms with Crippen LogP contribution in [0, 0.1) is 6.92 Å². The van der Waals surface area contributed by atoms with Crippen LogP contribution in [0.2, 0.25) is 0 Å². The molecule has 1 heterocycles. The third-order valence-electron chi connectivity index (χ3n) is 3.32. The van der Waals surface area contributed by atoms with Crippen LogP contribution in [-0.4, -0.2) is 24.2 Å². The number of carbonyl (C=O) groups is 3. The number of amides is 2. The van der Waals surface area contributed by atoms with E-state index >= 15 is 0 Å². The van der Waals surface area contributed by atoms with Crippen molar-refractivity contribution in [2.45, 2.75) is 20.8 Å². The molecule has 0 saturated heterocycles. The maximum atomic E-state index is 12.4. The smallest absolute Gasteiger partial charge is 0.258 e. The van der Waals surface area contributed by atoms with Crippen LogP contribution in [0.3, 0.4) is 0 Å². The van der Waals surface area contributed by atoms with E-state index < -0.39 is 11.8 Å². The number of ether oxygens (including phenoxy) is 1. The van der Waals surface area contributed by atoms with Gasteiger partial charge in [-0.25, -0.2) is 0 Å². The summed E-state index contributed by atoms with van der Waals surface area (Å²) in [5.41, 5.74) is 5.58. The van der Waals surface area contributed by atoms with E-state index in [0.29, 0.717) is 17.9 Å². The van der Waals surface area contributed by atoms with Crippen LogP contribution < -0.4 is 15.8 Å². The predicted molar refractivity (Wildman–Crippen MR) is 87.5 cm³/mol. The van der Waals surface area contributed by atoms with Crippen molar-refractivity contribution in [3.8, 4) is 5.75 Å². The van der Waals surface area contributed by atoms with Gasteiger partial charge in [0, 0.05) is 5.56 Å². The molecule has 2 amide bonds. The molecule has 7 heteroatoms. The average Bonchev–Trinajstić information content (AvgIpc) is 2.84. The lowest BCUT2D eigenvalue weighted by molar-refractivity contribution is 0.0974. The lowest BCUT2D eigenvalue weighted by atomic mass is 10.1. The summed E-state index contributed by atoms with van der Waals surface area (Å²) in [5, 5.41) is 2.48. The van der Waals surface area contributed by atoms with Gasteiger partial charge in [0.1, 0.15) is 17.1 Å². The van der Waals surface area contributed by atoms with E-state index in [-0.39, 0.29) is 28.6 Å². The van der Waals surface area contributed by atoms with Crippen LogP contribution >= 0.6 is 0 Å². The first kappa shape index (κ1) is 17.3. The molecular formula is C17H18N2O5. The van der Waals surface area contributed by atoms with Crippen LogP contribution in [0.1, 0.15) is 50.7 Å². The maximum Gasteiger partial charge on any atom is 0.258 e. The standard InChI is InChI=1S/C17H18N2O5/c1-4-23-12-7-5-6-11(8-12)16(22)19-17-14(15(18)21)13(9(2)20)10(3)24-17/h5-8H,4H2,1-3H3,(H2,18,21)(H,19,22). The van der Waals surface area contributed by atoms with Gasteiger partial charge in [0.05, 0.1) is 12.2 Å². The molecule has 0 radical (unpaired) electrons. The van der Waals surface area contributed by atoms with Crippen LogP contribution in [0.25, 0.3) is 0 Å². The van der Waals surface area contributed by atoms with E-state index in [9.17, 15) is 14.4 Å². The molecule has 0 aliphatic heterocycles. The number of nitrogens with one attached hydrogen (secondary N) is 1. The summed E-state index contributed by atoms with van der Waals surface area (Å²) in [5.74, 6) is -1.12. The first-order valence-corrected chi connectivity index (χ1v) is 7.33. The summed E-state index contributed by atoms with van der Waals surface area (Å²) < 4.78 is 10.7. The molecule has 24 heavy (non-hydrogen) atoms. The second kappa shape index (κ2) is 6.99. The van der Waals surface area contributed by atoms with Crippen molar-refractivity contribution < 1.29 is 23.5 Å². The molecule has 0 saturated carbocycles. The number of rotatable bonds is 6. The molecule has 2 rings (SSSR count). The largest absolute Gasteiger partial charge is 0.494 e. The normalized spacial score (nSPS) is 10.3. The van der Waals surface area contributed by atoms with Gasteiger partial charge in [-0.2, -0.15) is 0 Å². The molecule has 0 unspecified atom stereocenters. The highest BCUT2D eigenvalue weighted by atomic mass is 16.5. The van der Waals surface area contributed by atoms with Gasteiger partial charge in [0.25, 0.3) is 11.8 Å². The second-order valence-corrected chi connectivity index (χ2v) is 5.07. The van der Waals surface area contributed by atoms with Gasteiger partial charge in [-0.3, -0.25) is 19.7 Å². The minimum atomic E-state index is -0.851. The molecule has 1 aromatic carbocycles. The Morgan fingerprint density at radius 1 is 1.25 bits per heavy atom. The molecule has 0 aliphatic rings. The summed E-state index contributed by atoms with van der Waals surface area (Å²) in [7, 11) is 0. The highest BCUT2D eigenvalue weighted by Crippen LogP contribution is 2.28. The Labute approximate surface area is 138 Å². The van der Waals surface area contributed by atoms with Gasteiger partial charge in [0.15, 0.2) is 5.78 Å². The molecule has 3 N–H and O–H groups in total. The average molecular weight is 330 g/mol. The second-order valence-electron chi connectivity index (χ2n) is 5.07. The van der Waals surface area contributed by atoms with Crippen molar-refractivity contribution in [2.24, 2.45) is 5.73 Å². The predicted octanol–water partition coefficient (Wildman–Crippen LogP) is 2.54. The molecular weight excluding hydrogens is 312 g/mol. The first-order chi connectivity index (χ1) is 11.3. The fraction of sp³-hybridized carbons (Fsp3) is 0.235. The summed E-state index contributed by atoms with van der Waals surface area (Å²) in [6, 6.07) is 6.54. The fourth-order valence-corrected chi connectivity index (χ4v) is 2.36. The van der Waals surface area contributed by atoms with Crippen molar-refractivity contribution in [3.63, 3.8) is 0 Å². The number of furan rings is 1. The molecule has 0 aliphatic carbocycles.